The van der Waals surface area contributed by atoms with E-state index >= 15 is 0 Å². The second-order valence-corrected chi connectivity index (χ2v) is 4.83. The molecular weight excluding hydrogens is 217 g/mol. The van der Waals surface area contributed by atoms with Crippen LogP contribution in [0.2, 0.25) is 0 Å². The molecule has 0 saturated heterocycles. The van der Waals surface area contributed by atoms with Crippen molar-refractivity contribution in [3.63, 3.8) is 0 Å². The SMILES string of the molecule is Cc1cc(NCC2CCC(=O)CC2)ccc1F. The number of nitrogens with one attached hydrogen (secondary N) is 1. The molecule has 1 aromatic rings. The van der Waals surface area contributed by atoms with E-state index in [1.807, 2.05) is 6.07 Å². The minimum Gasteiger partial charge on any atom is -0.385 e. The first-order valence-corrected chi connectivity index (χ1v) is 6.17. The Morgan fingerprint density at radius 2 is 2.06 bits per heavy atom. The number of hydrogen-bond donors (Lipinski definition) is 1. The summed E-state index contributed by atoms with van der Waals surface area (Å²) in [5, 5.41) is 3.32. The minimum atomic E-state index is -0.168. The van der Waals surface area contributed by atoms with Crippen LogP contribution in [0.5, 0.6) is 0 Å². The summed E-state index contributed by atoms with van der Waals surface area (Å²) in [5.74, 6) is 0.788. The zero-order valence-electron chi connectivity index (χ0n) is 10.1. The Balaban J connectivity index is 1.85. The summed E-state index contributed by atoms with van der Waals surface area (Å²) in [7, 11) is 0. The third kappa shape index (κ3) is 3.29. The molecule has 0 amide bonds. The molecule has 17 heavy (non-hydrogen) atoms. The summed E-state index contributed by atoms with van der Waals surface area (Å²) in [6.07, 6.45) is 3.39. The van der Waals surface area contributed by atoms with Gasteiger partial charge in [0.25, 0.3) is 0 Å². The van der Waals surface area contributed by atoms with Crippen molar-refractivity contribution in [1.29, 1.82) is 0 Å². The van der Waals surface area contributed by atoms with Crippen LogP contribution in [0.3, 0.4) is 0 Å². The van der Waals surface area contributed by atoms with Crippen molar-refractivity contribution in [2.45, 2.75) is 32.6 Å². The first-order chi connectivity index (χ1) is 8.15. The molecule has 0 atom stereocenters. The van der Waals surface area contributed by atoms with E-state index in [0.29, 0.717) is 17.3 Å². The number of rotatable bonds is 3. The highest BCUT2D eigenvalue weighted by Crippen LogP contribution is 2.22. The molecule has 0 aliphatic heterocycles. The summed E-state index contributed by atoms with van der Waals surface area (Å²) in [6, 6.07) is 5.07. The first kappa shape index (κ1) is 12.1. The van der Waals surface area contributed by atoms with Gasteiger partial charge in [-0.05, 0) is 49.4 Å². The second kappa shape index (κ2) is 5.30. The smallest absolute Gasteiger partial charge is 0.132 e. The molecule has 1 fully saturated rings. The van der Waals surface area contributed by atoms with E-state index in [1.165, 1.54) is 6.07 Å². The Morgan fingerprint density at radius 1 is 1.35 bits per heavy atom. The van der Waals surface area contributed by atoms with Crippen LogP contribution in [-0.2, 0) is 4.79 Å². The Labute approximate surface area is 101 Å². The fourth-order valence-corrected chi connectivity index (χ4v) is 2.22. The van der Waals surface area contributed by atoms with Crippen LogP contribution >= 0.6 is 0 Å². The van der Waals surface area contributed by atoms with Gasteiger partial charge in [-0.3, -0.25) is 4.79 Å². The van der Waals surface area contributed by atoms with E-state index < -0.39 is 0 Å². The number of benzene rings is 1. The average Bonchev–Trinajstić information content (AvgIpc) is 2.33. The molecule has 2 rings (SSSR count). The molecule has 1 saturated carbocycles. The molecule has 0 bridgehead atoms. The third-order valence-corrected chi connectivity index (χ3v) is 3.42. The van der Waals surface area contributed by atoms with Crippen molar-refractivity contribution in [1.82, 2.24) is 0 Å². The quantitative estimate of drug-likeness (QED) is 0.870. The summed E-state index contributed by atoms with van der Waals surface area (Å²) >= 11 is 0. The molecule has 0 spiro atoms. The van der Waals surface area contributed by atoms with Gasteiger partial charge in [-0.15, -0.1) is 0 Å². The average molecular weight is 235 g/mol. The van der Waals surface area contributed by atoms with Crippen molar-refractivity contribution in [3.05, 3.63) is 29.6 Å². The molecular formula is C14H18FNO. The van der Waals surface area contributed by atoms with E-state index in [1.54, 1.807) is 13.0 Å². The maximum Gasteiger partial charge on any atom is 0.132 e. The number of aryl methyl sites for hydroxylation is 1. The van der Waals surface area contributed by atoms with E-state index in [9.17, 15) is 9.18 Å². The van der Waals surface area contributed by atoms with Gasteiger partial charge < -0.3 is 5.32 Å². The molecule has 1 N–H and O–H groups in total. The zero-order valence-corrected chi connectivity index (χ0v) is 10.1. The summed E-state index contributed by atoms with van der Waals surface area (Å²) in [5.41, 5.74) is 1.62. The first-order valence-electron chi connectivity index (χ1n) is 6.17. The topological polar surface area (TPSA) is 29.1 Å². The van der Waals surface area contributed by atoms with Gasteiger partial charge in [0.05, 0.1) is 0 Å². The maximum atomic E-state index is 13.1. The van der Waals surface area contributed by atoms with Gasteiger partial charge in [0.15, 0.2) is 0 Å². The van der Waals surface area contributed by atoms with Crippen molar-refractivity contribution < 1.29 is 9.18 Å². The molecule has 1 aliphatic rings. The van der Waals surface area contributed by atoms with Gasteiger partial charge in [0.1, 0.15) is 11.6 Å². The molecule has 92 valence electrons. The van der Waals surface area contributed by atoms with Crippen LogP contribution in [0.4, 0.5) is 10.1 Å². The van der Waals surface area contributed by atoms with Gasteiger partial charge >= 0.3 is 0 Å². The van der Waals surface area contributed by atoms with Gasteiger partial charge in [0.2, 0.25) is 0 Å². The predicted molar refractivity (Wildman–Crippen MR) is 66.6 cm³/mol. The van der Waals surface area contributed by atoms with Crippen molar-refractivity contribution >= 4 is 11.5 Å². The summed E-state index contributed by atoms with van der Waals surface area (Å²) < 4.78 is 13.1. The van der Waals surface area contributed by atoms with E-state index in [4.69, 9.17) is 0 Å². The van der Waals surface area contributed by atoms with Crippen molar-refractivity contribution in [2.75, 3.05) is 11.9 Å². The Morgan fingerprint density at radius 3 is 2.71 bits per heavy atom. The number of carbonyl (C=O) groups excluding carboxylic acids is 1. The van der Waals surface area contributed by atoms with E-state index in [2.05, 4.69) is 5.32 Å². The summed E-state index contributed by atoms with van der Waals surface area (Å²) in [4.78, 5) is 11.1. The number of anilines is 1. The third-order valence-electron chi connectivity index (χ3n) is 3.42. The molecule has 1 aliphatic carbocycles. The van der Waals surface area contributed by atoms with Gasteiger partial charge in [-0.1, -0.05) is 0 Å². The van der Waals surface area contributed by atoms with Crippen LogP contribution in [0.25, 0.3) is 0 Å². The van der Waals surface area contributed by atoms with E-state index in [-0.39, 0.29) is 5.82 Å². The van der Waals surface area contributed by atoms with E-state index in [0.717, 1.165) is 37.9 Å². The Kier molecular flexibility index (Phi) is 3.77. The van der Waals surface area contributed by atoms with Crippen LogP contribution in [0.15, 0.2) is 18.2 Å². The molecule has 0 aromatic heterocycles. The van der Waals surface area contributed by atoms with Crippen LogP contribution in [0, 0.1) is 18.7 Å². The maximum absolute atomic E-state index is 13.1. The monoisotopic (exact) mass is 235 g/mol. The standard InChI is InChI=1S/C14H18FNO/c1-10-8-12(4-7-14(10)15)16-9-11-2-5-13(17)6-3-11/h4,7-8,11,16H,2-3,5-6,9H2,1H3. The second-order valence-electron chi connectivity index (χ2n) is 4.83. The zero-order chi connectivity index (χ0) is 12.3. The molecule has 2 nitrogen and oxygen atoms in total. The van der Waals surface area contributed by atoms with Crippen molar-refractivity contribution in [2.24, 2.45) is 5.92 Å². The van der Waals surface area contributed by atoms with Crippen LogP contribution in [0.1, 0.15) is 31.2 Å². The molecule has 0 unspecified atom stereocenters. The Bertz CT molecular complexity index is 407. The van der Waals surface area contributed by atoms with Gasteiger partial charge in [-0.2, -0.15) is 0 Å². The van der Waals surface area contributed by atoms with Gasteiger partial charge in [0, 0.05) is 25.1 Å². The lowest BCUT2D eigenvalue weighted by atomic mass is 9.88. The number of carbonyl (C=O) groups is 1. The Hall–Kier alpha value is -1.38. The highest BCUT2D eigenvalue weighted by Gasteiger charge is 2.18. The number of halogens is 1. The number of hydrogen-bond acceptors (Lipinski definition) is 2. The lowest BCUT2D eigenvalue weighted by molar-refractivity contribution is -0.120. The predicted octanol–water partition coefficient (Wildman–Crippen LogP) is 3.31. The van der Waals surface area contributed by atoms with Crippen LogP contribution in [-0.4, -0.2) is 12.3 Å². The molecule has 1 aromatic carbocycles. The molecule has 0 heterocycles. The normalized spacial score (nSPS) is 17.2. The fourth-order valence-electron chi connectivity index (χ4n) is 2.22. The summed E-state index contributed by atoms with van der Waals surface area (Å²) in [6.45, 7) is 2.64. The number of ketones is 1. The van der Waals surface area contributed by atoms with Crippen molar-refractivity contribution in [3.8, 4) is 0 Å². The number of Topliss-reactive ketones (excluding diaryl/α,β-unsaturated/α-hetero) is 1. The highest BCUT2D eigenvalue weighted by atomic mass is 19.1. The van der Waals surface area contributed by atoms with Gasteiger partial charge in [-0.25, -0.2) is 4.39 Å². The highest BCUT2D eigenvalue weighted by molar-refractivity contribution is 5.79. The molecule has 3 heteroatoms. The van der Waals surface area contributed by atoms with Crippen LogP contribution < -0.4 is 5.32 Å². The molecule has 0 radical (unpaired) electrons. The minimum absolute atomic E-state index is 0.168. The fraction of sp³-hybridized carbons (Fsp3) is 0.500. The lowest BCUT2D eigenvalue weighted by Crippen LogP contribution is -2.21. The lowest BCUT2D eigenvalue weighted by Gasteiger charge is -2.21. The largest absolute Gasteiger partial charge is 0.385 e.